The Balaban J connectivity index is 2.48. The molecule has 0 saturated heterocycles. The highest BCUT2D eigenvalue weighted by Crippen LogP contribution is 2.18. The standard InChI is InChI=1S/C10H9BrF2O2/c11-7-10(12,13)9(14)15-6-8-4-2-1-3-5-8/h1-5H,6-7H2. The molecule has 0 fully saturated rings. The molecule has 0 aromatic heterocycles. The molecule has 0 aliphatic heterocycles. The van der Waals surface area contributed by atoms with Gasteiger partial charge in [-0.05, 0) is 5.56 Å². The van der Waals surface area contributed by atoms with Crippen LogP contribution in [0.4, 0.5) is 8.78 Å². The third-order valence-electron chi connectivity index (χ3n) is 1.68. The van der Waals surface area contributed by atoms with E-state index in [1.54, 1.807) is 30.3 Å². The van der Waals surface area contributed by atoms with E-state index in [2.05, 4.69) is 20.7 Å². The Morgan fingerprint density at radius 2 is 1.93 bits per heavy atom. The van der Waals surface area contributed by atoms with Gasteiger partial charge >= 0.3 is 11.9 Å². The van der Waals surface area contributed by atoms with Crippen LogP contribution in [0, 0.1) is 0 Å². The number of esters is 1. The summed E-state index contributed by atoms with van der Waals surface area (Å²) in [6, 6.07) is 8.66. The van der Waals surface area contributed by atoms with Crippen LogP contribution in [0.2, 0.25) is 0 Å². The van der Waals surface area contributed by atoms with Crippen LogP contribution >= 0.6 is 15.9 Å². The molecule has 0 aliphatic carbocycles. The van der Waals surface area contributed by atoms with E-state index in [0.29, 0.717) is 5.56 Å². The zero-order valence-corrected chi connectivity index (χ0v) is 9.34. The Labute approximate surface area is 94.4 Å². The highest BCUT2D eigenvalue weighted by Gasteiger charge is 2.39. The second-order valence-electron chi connectivity index (χ2n) is 2.90. The number of halogens is 3. The maximum absolute atomic E-state index is 12.7. The number of rotatable bonds is 4. The zero-order valence-electron chi connectivity index (χ0n) is 7.75. The summed E-state index contributed by atoms with van der Waals surface area (Å²) in [6.07, 6.45) is 0. The Bertz CT molecular complexity index is 327. The molecule has 0 radical (unpaired) electrons. The number of alkyl halides is 3. The fourth-order valence-corrected chi connectivity index (χ4v) is 1.11. The fraction of sp³-hybridized carbons (Fsp3) is 0.300. The van der Waals surface area contributed by atoms with Gasteiger partial charge in [0.05, 0.1) is 5.33 Å². The summed E-state index contributed by atoms with van der Waals surface area (Å²) in [4.78, 5) is 10.9. The van der Waals surface area contributed by atoms with E-state index in [9.17, 15) is 13.6 Å². The summed E-state index contributed by atoms with van der Waals surface area (Å²) < 4.78 is 29.9. The summed E-state index contributed by atoms with van der Waals surface area (Å²) in [7, 11) is 0. The Morgan fingerprint density at radius 3 is 2.47 bits per heavy atom. The SMILES string of the molecule is O=C(OCc1ccccc1)C(F)(F)CBr. The van der Waals surface area contributed by atoms with Crippen molar-refractivity contribution in [3.63, 3.8) is 0 Å². The van der Waals surface area contributed by atoms with E-state index in [-0.39, 0.29) is 6.61 Å². The lowest BCUT2D eigenvalue weighted by atomic mass is 10.2. The third kappa shape index (κ3) is 3.58. The van der Waals surface area contributed by atoms with Crippen molar-refractivity contribution in [3.05, 3.63) is 35.9 Å². The van der Waals surface area contributed by atoms with Crippen LogP contribution < -0.4 is 0 Å². The van der Waals surface area contributed by atoms with Crippen molar-refractivity contribution in [2.75, 3.05) is 5.33 Å². The van der Waals surface area contributed by atoms with Crippen molar-refractivity contribution in [2.45, 2.75) is 12.5 Å². The van der Waals surface area contributed by atoms with Gasteiger partial charge in [0.15, 0.2) is 0 Å². The fourth-order valence-electron chi connectivity index (χ4n) is 0.883. The van der Waals surface area contributed by atoms with Crippen molar-refractivity contribution in [1.29, 1.82) is 0 Å². The topological polar surface area (TPSA) is 26.3 Å². The van der Waals surface area contributed by atoms with E-state index in [4.69, 9.17) is 0 Å². The molecular weight excluding hydrogens is 270 g/mol. The third-order valence-corrected chi connectivity index (χ3v) is 2.38. The first kappa shape index (κ1) is 12.1. The molecule has 1 aromatic rings. The lowest BCUT2D eigenvalue weighted by Crippen LogP contribution is -2.32. The van der Waals surface area contributed by atoms with Gasteiger partial charge in [-0.2, -0.15) is 8.78 Å². The molecule has 0 saturated carbocycles. The first-order valence-corrected chi connectivity index (χ1v) is 5.33. The predicted octanol–water partition coefficient (Wildman–Crippen LogP) is 2.76. The number of carbonyl (C=O) groups excluding carboxylic acids is 1. The number of ether oxygens (including phenoxy) is 1. The van der Waals surface area contributed by atoms with E-state index in [1.165, 1.54) is 0 Å². The number of hydrogen-bond donors (Lipinski definition) is 0. The van der Waals surface area contributed by atoms with E-state index >= 15 is 0 Å². The first-order valence-electron chi connectivity index (χ1n) is 4.21. The van der Waals surface area contributed by atoms with Gasteiger partial charge in [0.25, 0.3) is 0 Å². The molecule has 0 amide bonds. The molecule has 0 aliphatic rings. The molecule has 0 spiro atoms. The molecule has 0 heterocycles. The summed E-state index contributed by atoms with van der Waals surface area (Å²) in [5, 5.41) is -0.729. The maximum Gasteiger partial charge on any atom is 0.378 e. The van der Waals surface area contributed by atoms with Crippen molar-refractivity contribution in [1.82, 2.24) is 0 Å². The van der Waals surface area contributed by atoms with Gasteiger partial charge in [0.1, 0.15) is 6.61 Å². The largest absolute Gasteiger partial charge is 0.456 e. The van der Waals surface area contributed by atoms with Crippen molar-refractivity contribution < 1.29 is 18.3 Å². The van der Waals surface area contributed by atoms with Crippen LogP contribution in [0.5, 0.6) is 0 Å². The molecule has 0 N–H and O–H groups in total. The predicted molar refractivity (Wildman–Crippen MR) is 55.0 cm³/mol. The zero-order chi connectivity index (χ0) is 11.3. The smallest absolute Gasteiger partial charge is 0.378 e. The van der Waals surface area contributed by atoms with E-state index in [0.717, 1.165) is 0 Å². The minimum atomic E-state index is -3.46. The molecule has 1 rings (SSSR count). The normalized spacial score (nSPS) is 11.1. The summed E-state index contributed by atoms with van der Waals surface area (Å²) in [5.74, 6) is -4.97. The number of carbonyl (C=O) groups is 1. The Morgan fingerprint density at radius 1 is 1.33 bits per heavy atom. The first-order chi connectivity index (χ1) is 7.06. The highest BCUT2D eigenvalue weighted by molar-refractivity contribution is 9.09. The Hall–Kier alpha value is -0.970. The molecule has 2 nitrogen and oxygen atoms in total. The van der Waals surface area contributed by atoms with Gasteiger partial charge in [0.2, 0.25) is 0 Å². The van der Waals surface area contributed by atoms with Gasteiger partial charge < -0.3 is 4.74 Å². The minimum absolute atomic E-state index is 0.137. The second-order valence-corrected chi connectivity index (χ2v) is 3.46. The van der Waals surface area contributed by atoms with Crippen LogP contribution in [0.25, 0.3) is 0 Å². The molecule has 0 unspecified atom stereocenters. The molecule has 82 valence electrons. The monoisotopic (exact) mass is 278 g/mol. The van der Waals surface area contributed by atoms with E-state index < -0.39 is 17.2 Å². The minimum Gasteiger partial charge on any atom is -0.456 e. The van der Waals surface area contributed by atoms with Crippen molar-refractivity contribution >= 4 is 21.9 Å². The lowest BCUT2D eigenvalue weighted by Gasteiger charge is -2.11. The number of hydrogen-bond acceptors (Lipinski definition) is 2. The van der Waals surface area contributed by atoms with E-state index in [1.807, 2.05) is 0 Å². The summed E-state index contributed by atoms with van der Waals surface area (Å²) >= 11 is 2.55. The average Bonchev–Trinajstić information content (AvgIpc) is 2.27. The maximum atomic E-state index is 12.7. The molecule has 0 bridgehead atoms. The molecule has 15 heavy (non-hydrogen) atoms. The van der Waals surface area contributed by atoms with Gasteiger partial charge in [-0.1, -0.05) is 46.3 Å². The van der Waals surface area contributed by atoms with Crippen LogP contribution in [-0.2, 0) is 16.1 Å². The molecule has 5 heteroatoms. The number of benzene rings is 1. The van der Waals surface area contributed by atoms with Crippen LogP contribution in [0.15, 0.2) is 30.3 Å². The molecular formula is C10H9BrF2O2. The summed E-state index contributed by atoms with van der Waals surface area (Å²) in [5.41, 5.74) is 0.677. The molecule has 1 aromatic carbocycles. The quantitative estimate of drug-likeness (QED) is 0.625. The Kier molecular flexibility index (Phi) is 4.20. The van der Waals surface area contributed by atoms with Crippen molar-refractivity contribution in [2.24, 2.45) is 0 Å². The van der Waals surface area contributed by atoms with Crippen LogP contribution in [0.1, 0.15) is 5.56 Å². The van der Waals surface area contributed by atoms with Crippen molar-refractivity contribution in [3.8, 4) is 0 Å². The highest BCUT2D eigenvalue weighted by atomic mass is 79.9. The second kappa shape index (κ2) is 5.21. The van der Waals surface area contributed by atoms with Crippen LogP contribution in [0.3, 0.4) is 0 Å². The van der Waals surface area contributed by atoms with Gasteiger partial charge in [-0.3, -0.25) is 0 Å². The van der Waals surface area contributed by atoms with Crippen LogP contribution in [-0.4, -0.2) is 17.2 Å². The van der Waals surface area contributed by atoms with Gasteiger partial charge in [0, 0.05) is 0 Å². The van der Waals surface area contributed by atoms with Gasteiger partial charge in [-0.15, -0.1) is 0 Å². The lowest BCUT2D eigenvalue weighted by molar-refractivity contribution is -0.169. The van der Waals surface area contributed by atoms with Gasteiger partial charge in [-0.25, -0.2) is 4.79 Å². The molecule has 0 atom stereocenters. The average molecular weight is 279 g/mol. The summed E-state index contributed by atoms with van der Waals surface area (Å²) in [6.45, 7) is -0.137.